The summed E-state index contributed by atoms with van der Waals surface area (Å²) in [6, 6.07) is 2.49. The third kappa shape index (κ3) is 4.11. The Labute approximate surface area is 102 Å². The van der Waals surface area contributed by atoms with Gasteiger partial charge in [0, 0.05) is 11.8 Å². The maximum absolute atomic E-state index is 13.4. The van der Waals surface area contributed by atoms with Crippen molar-refractivity contribution in [2.24, 2.45) is 0 Å². The Balaban J connectivity index is 2.77. The van der Waals surface area contributed by atoms with E-state index in [2.05, 4.69) is 5.32 Å². The first-order valence-corrected chi connectivity index (χ1v) is 6.26. The molecule has 17 heavy (non-hydrogen) atoms. The van der Waals surface area contributed by atoms with Crippen molar-refractivity contribution in [1.82, 2.24) is 0 Å². The molecule has 1 rings (SSSR count). The predicted octanol–water partition coefficient (Wildman–Crippen LogP) is 4.01. The first-order valence-electron chi connectivity index (χ1n) is 4.98. The summed E-state index contributed by atoms with van der Waals surface area (Å²) in [5.41, 5.74) is -0.877. The summed E-state index contributed by atoms with van der Waals surface area (Å²) in [6.07, 6.45) is -2.60. The predicted molar refractivity (Wildman–Crippen MR) is 62.9 cm³/mol. The molecule has 0 heterocycles. The quantitative estimate of drug-likeness (QED) is 0.827. The van der Waals surface area contributed by atoms with Gasteiger partial charge in [-0.3, -0.25) is 0 Å². The lowest BCUT2D eigenvalue weighted by Gasteiger charge is -2.13. The summed E-state index contributed by atoms with van der Waals surface area (Å²) >= 11 is 1.59. The molecule has 0 spiro atoms. The highest BCUT2D eigenvalue weighted by molar-refractivity contribution is 7.99. The van der Waals surface area contributed by atoms with Crippen LogP contribution in [0.2, 0.25) is 0 Å². The molecule has 6 heteroatoms. The van der Waals surface area contributed by atoms with Gasteiger partial charge >= 0.3 is 6.18 Å². The van der Waals surface area contributed by atoms with Gasteiger partial charge in [-0.2, -0.15) is 24.9 Å². The topological polar surface area (TPSA) is 12.0 Å². The number of hydrogen-bond acceptors (Lipinski definition) is 2. The highest BCUT2D eigenvalue weighted by Crippen LogP contribution is 2.31. The van der Waals surface area contributed by atoms with Gasteiger partial charge in [-0.15, -0.1) is 0 Å². The fraction of sp³-hybridized carbons (Fsp3) is 0.455. The first-order chi connectivity index (χ1) is 7.84. The van der Waals surface area contributed by atoms with E-state index in [4.69, 9.17) is 0 Å². The molecule has 0 saturated carbocycles. The number of thioether (sulfide) groups is 1. The third-order valence-electron chi connectivity index (χ3n) is 2.28. The maximum Gasteiger partial charge on any atom is 0.416 e. The van der Waals surface area contributed by atoms with Crippen LogP contribution in [0, 0.1) is 5.82 Å². The van der Waals surface area contributed by atoms with Crippen molar-refractivity contribution in [3.8, 4) is 0 Å². The molecule has 0 bridgehead atoms. The van der Waals surface area contributed by atoms with Crippen molar-refractivity contribution in [2.45, 2.75) is 18.3 Å². The smallest absolute Gasteiger partial charge is 0.382 e. The fourth-order valence-electron chi connectivity index (χ4n) is 1.17. The van der Waals surface area contributed by atoms with E-state index in [1.54, 1.807) is 11.8 Å². The van der Waals surface area contributed by atoms with Gasteiger partial charge in [-0.05, 0) is 24.5 Å². The summed E-state index contributed by atoms with van der Waals surface area (Å²) in [5.74, 6) is -0.881. The highest BCUT2D eigenvalue weighted by Gasteiger charge is 2.31. The summed E-state index contributed by atoms with van der Waals surface area (Å²) in [5, 5.41) is 3.04. The first kappa shape index (κ1) is 14.2. The zero-order chi connectivity index (χ0) is 13.1. The van der Waals surface area contributed by atoms with E-state index in [0.29, 0.717) is 12.6 Å². The monoisotopic (exact) mass is 267 g/mol. The van der Waals surface area contributed by atoms with Crippen LogP contribution in [-0.2, 0) is 6.18 Å². The van der Waals surface area contributed by atoms with Crippen molar-refractivity contribution in [3.05, 3.63) is 29.6 Å². The average molecular weight is 267 g/mol. The molecule has 1 nitrogen and oxygen atoms in total. The average Bonchev–Trinajstić information content (AvgIpc) is 2.25. The molecule has 96 valence electrons. The van der Waals surface area contributed by atoms with E-state index >= 15 is 0 Å². The Hall–Kier alpha value is -0.910. The second kappa shape index (κ2) is 5.62. The standard InChI is InChI=1S/C11H13F4NS/c1-7(17-2)6-16-10-4-3-8(5-9(10)12)11(13,14)15/h3-5,7,16H,6H2,1-2H3. The lowest BCUT2D eigenvalue weighted by atomic mass is 10.2. The van der Waals surface area contributed by atoms with Crippen LogP contribution >= 0.6 is 11.8 Å². The van der Waals surface area contributed by atoms with Crippen LogP contribution in [0.1, 0.15) is 12.5 Å². The van der Waals surface area contributed by atoms with Gasteiger partial charge in [0.1, 0.15) is 5.82 Å². The lowest BCUT2D eigenvalue weighted by molar-refractivity contribution is -0.137. The molecule has 0 aliphatic heterocycles. The third-order valence-corrected chi connectivity index (χ3v) is 3.25. The Morgan fingerprint density at radius 1 is 1.35 bits per heavy atom. The minimum atomic E-state index is -4.51. The normalized spacial score (nSPS) is 13.5. The van der Waals surface area contributed by atoms with E-state index in [-0.39, 0.29) is 10.9 Å². The molecule has 1 unspecified atom stereocenters. The molecule has 1 aromatic rings. The van der Waals surface area contributed by atoms with E-state index < -0.39 is 17.6 Å². The second-order valence-electron chi connectivity index (χ2n) is 3.62. The number of alkyl halides is 3. The Bertz CT molecular complexity index is 378. The van der Waals surface area contributed by atoms with Crippen LogP contribution in [-0.4, -0.2) is 18.1 Å². The maximum atomic E-state index is 13.4. The van der Waals surface area contributed by atoms with Crippen molar-refractivity contribution >= 4 is 17.4 Å². The molecular weight excluding hydrogens is 254 g/mol. The Morgan fingerprint density at radius 3 is 2.47 bits per heavy atom. The van der Waals surface area contributed by atoms with Gasteiger partial charge in [0.2, 0.25) is 0 Å². The molecule has 0 aliphatic carbocycles. The minimum absolute atomic E-state index is 0.0962. The number of hydrogen-bond donors (Lipinski definition) is 1. The number of benzene rings is 1. The van der Waals surface area contributed by atoms with Gasteiger partial charge in [0.25, 0.3) is 0 Å². The summed E-state index contributed by atoms with van der Waals surface area (Å²) < 4.78 is 50.2. The van der Waals surface area contributed by atoms with Crippen molar-refractivity contribution in [3.63, 3.8) is 0 Å². The molecule has 1 aromatic carbocycles. The van der Waals surface area contributed by atoms with E-state index in [9.17, 15) is 17.6 Å². The van der Waals surface area contributed by atoms with Crippen molar-refractivity contribution < 1.29 is 17.6 Å². The van der Waals surface area contributed by atoms with Gasteiger partial charge in [-0.1, -0.05) is 6.92 Å². The van der Waals surface area contributed by atoms with Gasteiger partial charge < -0.3 is 5.32 Å². The van der Waals surface area contributed by atoms with Gasteiger partial charge in [0.15, 0.2) is 0 Å². The largest absolute Gasteiger partial charge is 0.416 e. The van der Waals surface area contributed by atoms with Crippen LogP contribution in [0.15, 0.2) is 18.2 Å². The number of nitrogens with one attached hydrogen (secondary N) is 1. The zero-order valence-electron chi connectivity index (χ0n) is 9.44. The molecule has 0 aliphatic rings. The SMILES string of the molecule is CSC(C)CNc1ccc(C(F)(F)F)cc1F. The number of rotatable bonds is 4. The molecule has 0 radical (unpaired) electrons. The van der Waals surface area contributed by atoms with Crippen LogP contribution in [0.5, 0.6) is 0 Å². The highest BCUT2D eigenvalue weighted by atomic mass is 32.2. The summed E-state index contributed by atoms with van der Waals surface area (Å²) in [7, 11) is 0. The zero-order valence-corrected chi connectivity index (χ0v) is 10.3. The molecule has 0 aromatic heterocycles. The molecule has 0 amide bonds. The molecular formula is C11H13F4NS. The van der Waals surface area contributed by atoms with E-state index in [0.717, 1.165) is 12.1 Å². The van der Waals surface area contributed by atoms with Crippen LogP contribution in [0.25, 0.3) is 0 Å². The number of anilines is 1. The molecule has 0 saturated heterocycles. The number of halogens is 4. The van der Waals surface area contributed by atoms with Gasteiger partial charge in [0.05, 0.1) is 11.3 Å². The van der Waals surface area contributed by atoms with E-state index in [1.807, 2.05) is 13.2 Å². The summed E-state index contributed by atoms with van der Waals surface area (Å²) in [6.45, 7) is 2.45. The lowest BCUT2D eigenvalue weighted by Crippen LogP contribution is -2.14. The van der Waals surface area contributed by atoms with Crippen LogP contribution < -0.4 is 5.32 Å². The molecule has 0 fully saturated rings. The minimum Gasteiger partial charge on any atom is -0.382 e. The van der Waals surface area contributed by atoms with Gasteiger partial charge in [-0.25, -0.2) is 4.39 Å². The van der Waals surface area contributed by atoms with Crippen LogP contribution in [0.3, 0.4) is 0 Å². The summed E-state index contributed by atoms with van der Waals surface area (Å²) in [4.78, 5) is 0. The Kier molecular flexibility index (Phi) is 4.68. The van der Waals surface area contributed by atoms with Crippen molar-refractivity contribution in [1.29, 1.82) is 0 Å². The Morgan fingerprint density at radius 2 is 2.00 bits per heavy atom. The van der Waals surface area contributed by atoms with Crippen LogP contribution in [0.4, 0.5) is 23.2 Å². The molecule has 1 N–H and O–H groups in total. The second-order valence-corrected chi connectivity index (χ2v) is 4.90. The van der Waals surface area contributed by atoms with Crippen molar-refractivity contribution in [2.75, 3.05) is 18.1 Å². The molecule has 1 atom stereocenters. The van der Waals surface area contributed by atoms with E-state index in [1.165, 1.54) is 0 Å². The fourth-order valence-corrected chi connectivity index (χ4v) is 1.42.